The average molecular weight is 381 g/mol. The van der Waals surface area contributed by atoms with Crippen LogP contribution in [0.1, 0.15) is 46.4 Å². The molecule has 3 heterocycles. The number of piperidine rings is 1. The van der Waals surface area contributed by atoms with Crippen LogP contribution in [0, 0.1) is 6.92 Å². The first-order chi connectivity index (χ1) is 12.7. The van der Waals surface area contributed by atoms with E-state index in [9.17, 15) is 0 Å². The van der Waals surface area contributed by atoms with E-state index in [1.165, 1.54) is 10.4 Å². The molecule has 3 aromatic rings. The van der Waals surface area contributed by atoms with Crippen molar-refractivity contribution < 1.29 is 0 Å². The zero-order valence-corrected chi connectivity index (χ0v) is 17.6. The number of aromatic nitrogens is 2. The van der Waals surface area contributed by atoms with Crippen LogP contribution in [-0.4, -0.2) is 27.1 Å². The number of benzene rings is 1. The normalized spacial score (nSPS) is 19.3. The quantitative estimate of drug-likeness (QED) is 0.640. The molecule has 0 amide bonds. The predicted molar refractivity (Wildman–Crippen MR) is 116 cm³/mol. The van der Waals surface area contributed by atoms with Crippen molar-refractivity contribution >= 4 is 27.4 Å². The van der Waals surface area contributed by atoms with E-state index in [0.29, 0.717) is 6.04 Å². The molecule has 1 aliphatic heterocycles. The fourth-order valence-corrected chi connectivity index (χ4v) is 5.58. The minimum absolute atomic E-state index is 0.102. The van der Waals surface area contributed by atoms with Crippen molar-refractivity contribution in [1.82, 2.24) is 15.3 Å². The Labute approximate surface area is 165 Å². The second-order valence-electron chi connectivity index (χ2n) is 8.96. The van der Waals surface area contributed by atoms with Crippen molar-refractivity contribution in [2.75, 3.05) is 5.32 Å². The van der Waals surface area contributed by atoms with Gasteiger partial charge >= 0.3 is 0 Å². The van der Waals surface area contributed by atoms with Crippen LogP contribution in [0.25, 0.3) is 20.7 Å². The minimum atomic E-state index is 0.102. The first-order valence-corrected chi connectivity index (χ1v) is 10.4. The number of anilines is 1. The maximum absolute atomic E-state index is 4.76. The molecule has 0 bridgehead atoms. The molecule has 27 heavy (non-hydrogen) atoms. The molecule has 0 spiro atoms. The highest BCUT2D eigenvalue weighted by atomic mass is 32.1. The van der Waals surface area contributed by atoms with Crippen molar-refractivity contribution in [3.05, 3.63) is 42.2 Å². The van der Waals surface area contributed by atoms with E-state index in [1.54, 1.807) is 11.3 Å². The highest BCUT2D eigenvalue weighted by Gasteiger charge is 2.37. The second kappa shape index (κ2) is 6.57. The van der Waals surface area contributed by atoms with Gasteiger partial charge in [-0.25, -0.2) is 9.97 Å². The van der Waals surface area contributed by atoms with Crippen molar-refractivity contribution in [3.63, 3.8) is 0 Å². The van der Waals surface area contributed by atoms with Gasteiger partial charge in [0.15, 0.2) is 0 Å². The summed E-state index contributed by atoms with van der Waals surface area (Å²) in [4.78, 5) is 11.7. The summed E-state index contributed by atoms with van der Waals surface area (Å²) in [7, 11) is 0. The van der Waals surface area contributed by atoms with Crippen molar-refractivity contribution in [1.29, 1.82) is 0 Å². The van der Waals surface area contributed by atoms with Crippen molar-refractivity contribution in [2.45, 2.75) is 64.6 Å². The molecule has 5 heteroatoms. The zero-order valence-electron chi connectivity index (χ0n) is 16.8. The molecule has 1 aliphatic rings. The highest BCUT2D eigenvalue weighted by Crippen LogP contribution is 2.37. The standard InChI is InChI=1S/C22H28N4S/c1-14-23-19(25-16-12-21(2,3)26-22(4,5)13-16)17-11-18(27-20(17)24-14)15-9-7-6-8-10-15/h6-11,16,26H,12-13H2,1-5H3,(H,23,24,25). The molecule has 0 saturated carbocycles. The number of nitrogens with one attached hydrogen (secondary N) is 2. The van der Waals surface area contributed by atoms with Crippen LogP contribution in [-0.2, 0) is 0 Å². The lowest BCUT2D eigenvalue weighted by molar-refractivity contribution is 0.170. The molecule has 2 aromatic heterocycles. The molecule has 1 aromatic carbocycles. The summed E-state index contributed by atoms with van der Waals surface area (Å²) in [5.74, 6) is 1.79. The topological polar surface area (TPSA) is 49.8 Å². The summed E-state index contributed by atoms with van der Waals surface area (Å²) < 4.78 is 0. The summed E-state index contributed by atoms with van der Waals surface area (Å²) in [6.07, 6.45) is 2.13. The fourth-order valence-electron chi connectivity index (χ4n) is 4.50. The third kappa shape index (κ3) is 3.99. The van der Waals surface area contributed by atoms with Gasteiger partial charge in [-0.15, -0.1) is 11.3 Å². The molecule has 2 N–H and O–H groups in total. The lowest BCUT2D eigenvalue weighted by Crippen LogP contribution is -2.60. The summed E-state index contributed by atoms with van der Waals surface area (Å²) in [6.45, 7) is 11.1. The Morgan fingerprint density at radius 3 is 2.37 bits per heavy atom. The van der Waals surface area contributed by atoms with Gasteiger partial charge in [0, 0.05) is 22.0 Å². The number of thiophene rings is 1. The fraction of sp³-hybridized carbons (Fsp3) is 0.455. The molecule has 1 fully saturated rings. The van der Waals surface area contributed by atoms with Crippen LogP contribution >= 0.6 is 11.3 Å². The van der Waals surface area contributed by atoms with Crippen molar-refractivity contribution in [2.24, 2.45) is 0 Å². The molecule has 1 saturated heterocycles. The first-order valence-electron chi connectivity index (χ1n) is 9.60. The molecule has 4 nitrogen and oxygen atoms in total. The SMILES string of the molecule is Cc1nc(NC2CC(C)(C)NC(C)(C)C2)c2cc(-c3ccccc3)sc2n1. The third-order valence-corrected chi connectivity index (χ3v) is 6.17. The molecule has 4 rings (SSSR count). The van der Waals surface area contributed by atoms with Crippen LogP contribution in [0.2, 0.25) is 0 Å². The average Bonchev–Trinajstić information content (AvgIpc) is 2.96. The summed E-state index contributed by atoms with van der Waals surface area (Å²) in [6, 6.07) is 13.1. The summed E-state index contributed by atoms with van der Waals surface area (Å²) >= 11 is 1.74. The number of fused-ring (bicyclic) bond motifs is 1. The number of aryl methyl sites for hydroxylation is 1. The maximum Gasteiger partial charge on any atom is 0.138 e. The third-order valence-electron chi connectivity index (χ3n) is 5.09. The molecular formula is C22H28N4S. The largest absolute Gasteiger partial charge is 0.367 e. The van der Waals surface area contributed by atoms with Gasteiger partial charge in [-0.05, 0) is 59.1 Å². The molecule has 142 valence electrons. The number of nitrogens with zero attached hydrogens (tertiary/aromatic N) is 2. The van der Waals surface area contributed by atoms with E-state index >= 15 is 0 Å². The van der Waals surface area contributed by atoms with Gasteiger partial charge in [-0.2, -0.15) is 0 Å². The Morgan fingerprint density at radius 1 is 1.04 bits per heavy atom. The van der Waals surface area contributed by atoms with Gasteiger partial charge in [0.1, 0.15) is 16.5 Å². The summed E-state index contributed by atoms with van der Waals surface area (Å²) in [5, 5.41) is 8.63. The van der Waals surface area contributed by atoms with E-state index in [-0.39, 0.29) is 11.1 Å². The smallest absolute Gasteiger partial charge is 0.138 e. The Bertz CT molecular complexity index is 943. The molecule has 0 aliphatic carbocycles. The molecule has 0 unspecified atom stereocenters. The van der Waals surface area contributed by atoms with Crippen LogP contribution in [0.4, 0.5) is 5.82 Å². The summed E-state index contributed by atoms with van der Waals surface area (Å²) in [5.41, 5.74) is 1.43. The minimum Gasteiger partial charge on any atom is -0.367 e. The Balaban J connectivity index is 1.70. The number of hydrogen-bond acceptors (Lipinski definition) is 5. The van der Waals surface area contributed by atoms with Gasteiger partial charge in [-0.1, -0.05) is 30.3 Å². The van der Waals surface area contributed by atoms with Gasteiger partial charge in [0.05, 0.1) is 5.39 Å². The number of hydrogen-bond donors (Lipinski definition) is 2. The Hall–Kier alpha value is -1.98. The highest BCUT2D eigenvalue weighted by molar-refractivity contribution is 7.21. The van der Waals surface area contributed by atoms with Crippen LogP contribution in [0.5, 0.6) is 0 Å². The van der Waals surface area contributed by atoms with Crippen LogP contribution < -0.4 is 10.6 Å². The molecular weight excluding hydrogens is 352 g/mol. The predicted octanol–water partition coefficient (Wildman–Crippen LogP) is 5.39. The van der Waals surface area contributed by atoms with Crippen molar-refractivity contribution in [3.8, 4) is 10.4 Å². The second-order valence-corrected chi connectivity index (χ2v) is 9.99. The molecule has 0 radical (unpaired) electrons. The lowest BCUT2D eigenvalue weighted by Gasteiger charge is -2.46. The van der Waals surface area contributed by atoms with E-state index in [4.69, 9.17) is 4.98 Å². The zero-order chi connectivity index (χ0) is 19.2. The maximum atomic E-state index is 4.76. The molecule has 0 atom stereocenters. The van der Waals surface area contributed by atoms with Gasteiger partial charge in [0.25, 0.3) is 0 Å². The van der Waals surface area contributed by atoms with Crippen LogP contribution in [0.15, 0.2) is 36.4 Å². The Morgan fingerprint density at radius 2 is 1.70 bits per heavy atom. The van der Waals surface area contributed by atoms with E-state index in [1.807, 2.05) is 13.0 Å². The number of rotatable bonds is 3. The van der Waals surface area contributed by atoms with E-state index in [0.717, 1.165) is 34.7 Å². The Kier molecular flexibility index (Phi) is 4.47. The lowest BCUT2D eigenvalue weighted by atomic mass is 9.79. The monoisotopic (exact) mass is 380 g/mol. The van der Waals surface area contributed by atoms with E-state index < -0.39 is 0 Å². The first kappa shape index (κ1) is 18.4. The van der Waals surface area contributed by atoms with Gasteiger partial charge in [0.2, 0.25) is 0 Å². The van der Waals surface area contributed by atoms with Gasteiger partial charge in [-0.3, -0.25) is 0 Å². The van der Waals surface area contributed by atoms with Crippen LogP contribution in [0.3, 0.4) is 0 Å². The van der Waals surface area contributed by atoms with Gasteiger partial charge < -0.3 is 10.6 Å². The van der Waals surface area contributed by atoms with E-state index in [2.05, 4.69) is 73.6 Å².